The highest BCUT2D eigenvalue weighted by Gasteiger charge is 2.18. The molecule has 0 spiro atoms. The van der Waals surface area contributed by atoms with E-state index in [2.05, 4.69) is 0 Å². The molecule has 1 unspecified atom stereocenters. The Morgan fingerprint density at radius 2 is 1.88 bits per heavy atom. The lowest BCUT2D eigenvalue weighted by molar-refractivity contribution is 0.0362. The fourth-order valence-corrected chi connectivity index (χ4v) is 1.98. The number of hydrogen-bond donors (Lipinski definition) is 0. The first-order valence-corrected chi connectivity index (χ1v) is 6.96. The van der Waals surface area contributed by atoms with Gasteiger partial charge in [0.25, 0.3) is 0 Å². The fourth-order valence-electron chi connectivity index (χ4n) is 1.25. The Hall–Kier alpha value is -1.16. The molecule has 0 aliphatic rings. The summed E-state index contributed by atoms with van der Waals surface area (Å²) in [5.41, 5.74) is 0.313. The second-order valence-electron chi connectivity index (χ2n) is 5.09. The van der Waals surface area contributed by atoms with Crippen LogP contribution in [0.2, 0.25) is 0 Å². The van der Waals surface area contributed by atoms with E-state index in [9.17, 15) is 9.00 Å². The van der Waals surface area contributed by atoms with E-state index in [1.165, 1.54) is 0 Å². The van der Waals surface area contributed by atoms with Gasteiger partial charge >= 0.3 is 5.97 Å². The van der Waals surface area contributed by atoms with E-state index in [-0.39, 0.29) is 5.41 Å². The molecule has 0 bridgehead atoms. The van der Waals surface area contributed by atoms with Crippen LogP contribution in [0.4, 0.5) is 0 Å². The van der Waals surface area contributed by atoms with Crippen molar-refractivity contribution in [2.24, 2.45) is 5.41 Å². The van der Waals surface area contributed by atoms with Crippen LogP contribution in [0, 0.1) is 5.41 Å². The molecule has 0 aliphatic carbocycles. The molecule has 1 rings (SSSR count). The lowest BCUT2D eigenvalue weighted by Gasteiger charge is -2.18. The summed E-state index contributed by atoms with van der Waals surface area (Å²) < 4.78 is 16.7. The Kier molecular flexibility index (Phi) is 4.46. The van der Waals surface area contributed by atoms with Crippen LogP contribution < -0.4 is 0 Å². The third-order valence-corrected chi connectivity index (χ3v) is 3.03. The maximum Gasteiger partial charge on any atom is 0.339 e. The van der Waals surface area contributed by atoms with Gasteiger partial charge < -0.3 is 4.74 Å². The molecule has 0 fully saturated rings. The highest BCUT2D eigenvalue weighted by atomic mass is 32.2. The third kappa shape index (κ3) is 4.30. The average molecular weight is 254 g/mol. The predicted octanol–water partition coefficient (Wildman–Crippen LogP) is 2.63. The lowest BCUT2D eigenvalue weighted by Crippen LogP contribution is -2.19. The van der Waals surface area contributed by atoms with E-state index < -0.39 is 16.8 Å². The van der Waals surface area contributed by atoms with Crippen LogP contribution in [0.1, 0.15) is 31.1 Å². The van der Waals surface area contributed by atoms with E-state index in [0.29, 0.717) is 17.1 Å². The van der Waals surface area contributed by atoms with Crippen molar-refractivity contribution in [3.05, 3.63) is 29.8 Å². The van der Waals surface area contributed by atoms with Crippen molar-refractivity contribution < 1.29 is 13.7 Å². The van der Waals surface area contributed by atoms with E-state index >= 15 is 0 Å². The molecule has 0 saturated carbocycles. The molecule has 0 amide bonds. The molecule has 0 aromatic heterocycles. The normalized spacial score (nSPS) is 13.2. The van der Waals surface area contributed by atoms with Gasteiger partial charge in [0.15, 0.2) is 0 Å². The molecular weight excluding hydrogens is 236 g/mol. The van der Waals surface area contributed by atoms with Crippen LogP contribution in [0.15, 0.2) is 29.2 Å². The van der Waals surface area contributed by atoms with Crippen molar-refractivity contribution in [3.63, 3.8) is 0 Å². The molecule has 0 N–H and O–H groups in total. The van der Waals surface area contributed by atoms with Crippen LogP contribution in [0.25, 0.3) is 0 Å². The minimum Gasteiger partial charge on any atom is -0.462 e. The maximum absolute atomic E-state index is 11.9. The molecule has 1 atom stereocenters. The van der Waals surface area contributed by atoms with Gasteiger partial charge in [-0.05, 0) is 17.5 Å². The van der Waals surface area contributed by atoms with Crippen molar-refractivity contribution in [1.29, 1.82) is 0 Å². The zero-order valence-electron chi connectivity index (χ0n) is 10.6. The van der Waals surface area contributed by atoms with E-state index in [1.807, 2.05) is 20.8 Å². The predicted molar refractivity (Wildman–Crippen MR) is 68.5 cm³/mol. The van der Waals surface area contributed by atoms with Gasteiger partial charge in [0.05, 0.1) is 27.9 Å². The summed E-state index contributed by atoms with van der Waals surface area (Å²) in [6.07, 6.45) is 1.55. The minimum absolute atomic E-state index is 0.0734. The molecular formula is C13H18O3S. The zero-order chi connectivity index (χ0) is 13.1. The largest absolute Gasteiger partial charge is 0.462 e. The second-order valence-corrected chi connectivity index (χ2v) is 6.44. The Bertz CT molecular complexity index is 433. The van der Waals surface area contributed by atoms with Crippen molar-refractivity contribution >= 4 is 16.8 Å². The molecule has 1 aromatic carbocycles. The molecule has 0 heterocycles. The van der Waals surface area contributed by atoms with Crippen LogP contribution in [-0.4, -0.2) is 23.0 Å². The highest BCUT2D eigenvalue weighted by Crippen LogP contribution is 2.17. The number of hydrogen-bond acceptors (Lipinski definition) is 3. The fraction of sp³-hybridized carbons (Fsp3) is 0.462. The van der Waals surface area contributed by atoms with Gasteiger partial charge in [-0.1, -0.05) is 32.9 Å². The summed E-state index contributed by atoms with van der Waals surface area (Å²) in [5, 5.41) is 0. The van der Waals surface area contributed by atoms with Crippen molar-refractivity contribution in [2.75, 3.05) is 12.9 Å². The summed E-state index contributed by atoms with van der Waals surface area (Å²) in [6.45, 7) is 6.31. The van der Waals surface area contributed by atoms with Gasteiger partial charge in [-0.3, -0.25) is 4.21 Å². The Morgan fingerprint density at radius 3 is 2.41 bits per heavy atom. The molecule has 17 heavy (non-hydrogen) atoms. The van der Waals surface area contributed by atoms with Gasteiger partial charge in [0.2, 0.25) is 0 Å². The van der Waals surface area contributed by atoms with Gasteiger partial charge in [-0.25, -0.2) is 4.79 Å². The van der Waals surface area contributed by atoms with Gasteiger partial charge in [-0.2, -0.15) is 0 Å². The van der Waals surface area contributed by atoms with Crippen LogP contribution >= 0.6 is 0 Å². The molecule has 1 aromatic rings. The first-order chi connectivity index (χ1) is 7.81. The number of esters is 1. The smallest absolute Gasteiger partial charge is 0.339 e. The third-order valence-electron chi connectivity index (χ3n) is 2.05. The van der Waals surface area contributed by atoms with Crippen molar-refractivity contribution in [1.82, 2.24) is 0 Å². The van der Waals surface area contributed by atoms with Gasteiger partial charge in [-0.15, -0.1) is 0 Å². The summed E-state index contributed by atoms with van der Waals surface area (Å²) in [7, 11) is -1.19. The summed E-state index contributed by atoms with van der Waals surface area (Å²) >= 11 is 0. The van der Waals surface area contributed by atoms with E-state index in [1.54, 1.807) is 30.5 Å². The first-order valence-electron chi connectivity index (χ1n) is 5.41. The lowest BCUT2D eigenvalue weighted by atomic mass is 9.99. The number of rotatable bonds is 3. The second kappa shape index (κ2) is 5.45. The molecule has 0 radical (unpaired) electrons. The topological polar surface area (TPSA) is 43.4 Å². The van der Waals surface area contributed by atoms with Crippen molar-refractivity contribution in [3.8, 4) is 0 Å². The number of carbonyl (C=O) groups excluding carboxylic acids is 1. The number of carbonyl (C=O) groups is 1. The highest BCUT2D eigenvalue weighted by molar-refractivity contribution is 7.84. The summed E-state index contributed by atoms with van der Waals surface area (Å²) in [5.74, 6) is -0.411. The molecule has 0 aliphatic heterocycles. The molecule has 94 valence electrons. The first kappa shape index (κ1) is 13.9. The van der Waals surface area contributed by atoms with E-state index in [4.69, 9.17) is 4.74 Å². The van der Waals surface area contributed by atoms with Gasteiger partial charge in [0.1, 0.15) is 0 Å². The Morgan fingerprint density at radius 1 is 1.29 bits per heavy atom. The van der Waals surface area contributed by atoms with Crippen LogP contribution in [-0.2, 0) is 15.5 Å². The Labute approximate surface area is 105 Å². The molecule has 0 saturated heterocycles. The number of ether oxygens (including phenoxy) is 1. The molecule has 3 nitrogen and oxygen atoms in total. The van der Waals surface area contributed by atoms with Crippen molar-refractivity contribution in [2.45, 2.75) is 25.7 Å². The SMILES string of the molecule is CS(=O)c1ccccc1C(=O)OCC(C)(C)C. The minimum atomic E-state index is -1.19. The number of benzene rings is 1. The van der Waals surface area contributed by atoms with Crippen LogP contribution in [0.3, 0.4) is 0 Å². The Balaban J connectivity index is 2.86. The van der Waals surface area contributed by atoms with Crippen LogP contribution in [0.5, 0.6) is 0 Å². The summed E-state index contributed by atoms with van der Waals surface area (Å²) in [6, 6.07) is 6.83. The maximum atomic E-state index is 11.9. The van der Waals surface area contributed by atoms with E-state index in [0.717, 1.165) is 0 Å². The summed E-state index contributed by atoms with van der Waals surface area (Å²) in [4.78, 5) is 12.4. The zero-order valence-corrected chi connectivity index (χ0v) is 11.5. The quantitative estimate of drug-likeness (QED) is 0.779. The average Bonchev–Trinajstić information content (AvgIpc) is 2.25. The monoisotopic (exact) mass is 254 g/mol. The van der Waals surface area contributed by atoms with Gasteiger partial charge in [0, 0.05) is 6.26 Å². The molecule has 4 heteroatoms. The standard InChI is InChI=1S/C13H18O3S/c1-13(2,3)9-16-12(14)10-7-5-6-8-11(10)17(4)15/h5-8H,9H2,1-4H3.